The van der Waals surface area contributed by atoms with E-state index in [1.165, 1.54) is 49.9 Å². The number of amides is 1. The summed E-state index contributed by atoms with van der Waals surface area (Å²) < 4.78 is 2.39. The molecule has 5 saturated carbocycles. The van der Waals surface area contributed by atoms with Gasteiger partial charge in [-0.15, -0.1) is 5.10 Å². The van der Waals surface area contributed by atoms with Crippen LogP contribution in [0, 0.1) is 40.9 Å². The van der Waals surface area contributed by atoms with E-state index in [0.717, 1.165) is 34.3 Å². The second-order valence-corrected chi connectivity index (χ2v) is 9.72. The molecule has 1 unspecified atom stereocenters. The lowest BCUT2D eigenvalue weighted by Gasteiger charge is -2.59. The molecule has 28 heavy (non-hydrogen) atoms. The van der Waals surface area contributed by atoms with Crippen LogP contribution in [0.15, 0.2) is 11.1 Å². The highest BCUT2D eigenvalue weighted by Crippen LogP contribution is 2.75. The molecule has 5 fully saturated rings. The number of nitrogens with zero attached hydrogens (tertiary/aromatic N) is 5. The maximum absolute atomic E-state index is 12.7. The molecule has 148 valence electrons. The highest BCUT2D eigenvalue weighted by atomic mass is 16.2. The Bertz CT molecular complexity index is 1010. The van der Waals surface area contributed by atoms with Crippen LogP contribution in [0.4, 0.5) is 0 Å². The summed E-state index contributed by atoms with van der Waals surface area (Å²) in [5, 5.41) is 10.8. The molecule has 2 aromatic heterocycles. The Labute approximate surface area is 162 Å². The van der Waals surface area contributed by atoms with Crippen LogP contribution in [0.3, 0.4) is 0 Å². The Morgan fingerprint density at radius 1 is 1.25 bits per heavy atom. The van der Waals surface area contributed by atoms with Gasteiger partial charge in [0.05, 0.1) is 0 Å². The van der Waals surface area contributed by atoms with Gasteiger partial charge in [0.1, 0.15) is 6.33 Å². The van der Waals surface area contributed by atoms with Crippen molar-refractivity contribution in [2.24, 2.45) is 48.0 Å². The smallest absolute Gasteiger partial charge is 0.350 e. The number of aromatic nitrogens is 5. The van der Waals surface area contributed by atoms with Gasteiger partial charge < -0.3 is 5.32 Å². The van der Waals surface area contributed by atoms with Gasteiger partial charge in [-0.25, -0.2) is 14.2 Å². The third-order valence-corrected chi connectivity index (χ3v) is 8.78. The topological polar surface area (TPSA) is 94.2 Å². The molecule has 0 saturated heterocycles. The zero-order chi connectivity index (χ0) is 19.2. The molecule has 8 heteroatoms. The van der Waals surface area contributed by atoms with Gasteiger partial charge in [0.25, 0.3) is 5.91 Å². The lowest BCUT2D eigenvalue weighted by molar-refractivity contribution is -0.0936. The van der Waals surface area contributed by atoms with Gasteiger partial charge in [-0.3, -0.25) is 4.79 Å². The lowest BCUT2D eigenvalue weighted by atomic mass is 9.46. The molecule has 2 heterocycles. The zero-order valence-corrected chi connectivity index (χ0v) is 16.3. The van der Waals surface area contributed by atoms with Crippen molar-refractivity contribution in [1.82, 2.24) is 29.7 Å². The molecule has 0 radical (unpaired) electrons. The zero-order valence-electron chi connectivity index (χ0n) is 16.3. The summed E-state index contributed by atoms with van der Waals surface area (Å²) in [7, 11) is 1.52. The predicted molar refractivity (Wildman–Crippen MR) is 100 cm³/mol. The Morgan fingerprint density at radius 3 is 2.61 bits per heavy atom. The number of hydrogen-bond acceptors (Lipinski definition) is 5. The van der Waals surface area contributed by atoms with E-state index < -0.39 is 0 Å². The number of aryl methyl sites for hydroxylation is 1. The van der Waals surface area contributed by atoms with Gasteiger partial charge in [0.15, 0.2) is 11.3 Å². The van der Waals surface area contributed by atoms with Gasteiger partial charge >= 0.3 is 5.69 Å². The van der Waals surface area contributed by atoms with Crippen molar-refractivity contribution < 1.29 is 4.79 Å². The molecule has 7 rings (SSSR count). The maximum atomic E-state index is 12.7. The third kappa shape index (κ3) is 2.03. The second-order valence-electron chi connectivity index (χ2n) is 9.72. The van der Waals surface area contributed by atoms with Crippen LogP contribution in [-0.2, 0) is 7.05 Å². The van der Waals surface area contributed by atoms with Crippen molar-refractivity contribution in [3.8, 4) is 0 Å². The van der Waals surface area contributed by atoms with E-state index in [0.29, 0.717) is 17.9 Å². The fourth-order valence-electron chi connectivity index (χ4n) is 7.27. The molecule has 2 aromatic rings. The van der Waals surface area contributed by atoms with Crippen molar-refractivity contribution in [1.29, 1.82) is 0 Å². The van der Waals surface area contributed by atoms with Crippen molar-refractivity contribution in [2.45, 2.75) is 39.0 Å². The molecule has 4 bridgehead atoms. The number of hydrogen-bond donors (Lipinski definition) is 1. The van der Waals surface area contributed by atoms with E-state index >= 15 is 0 Å². The highest BCUT2D eigenvalue weighted by Gasteiger charge is 2.69. The first kappa shape index (κ1) is 16.7. The summed E-state index contributed by atoms with van der Waals surface area (Å²) in [6.07, 6.45) is 8.23. The highest BCUT2D eigenvalue weighted by molar-refractivity contribution is 5.97. The van der Waals surface area contributed by atoms with Crippen molar-refractivity contribution in [3.05, 3.63) is 22.5 Å². The Kier molecular flexibility index (Phi) is 3.23. The van der Waals surface area contributed by atoms with E-state index in [2.05, 4.69) is 27.5 Å². The van der Waals surface area contributed by atoms with Gasteiger partial charge in [-0.1, -0.05) is 12.1 Å². The Hall–Kier alpha value is -2.25. The van der Waals surface area contributed by atoms with Crippen LogP contribution in [0.25, 0.3) is 5.65 Å². The van der Waals surface area contributed by atoms with Gasteiger partial charge in [-0.05, 0) is 73.0 Å². The molecule has 1 amide bonds. The molecular weight excluding hydrogens is 356 g/mol. The number of fused-ring (bicyclic) bond motifs is 1. The molecule has 1 spiro atoms. The van der Waals surface area contributed by atoms with Crippen molar-refractivity contribution in [3.63, 3.8) is 0 Å². The van der Waals surface area contributed by atoms with Crippen LogP contribution in [0.1, 0.15) is 49.5 Å². The number of carbonyl (C=O) groups excluding carboxylic acids is 1. The average Bonchev–Trinajstić information content (AvgIpc) is 3.20. The maximum Gasteiger partial charge on any atom is 0.352 e. The molecule has 5 aliphatic rings. The summed E-state index contributed by atoms with van der Waals surface area (Å²) in [6.45, 7) is 3.17. The molecular formula is C20H26N6O2. The average molecular weight is 382 g/mol. The summed E-state index contributed by atoms with van der Waals surface area (Å²) in [5.74, 6) is 4.89. The van der Waals surface area contributed by atoms with E-state index in [9.17, 15) is 9.59 Å². The number of rotatable bonds is 3. The number of imidazole rings is 1. The lowest BCUT2D eigenvalue weighted by Crippen LogP contribution is -2.51. The van der Waals surface area contributed by atoms with Crippen LogP contribution in [-0.4, -0.2) is 36.8 Å². The van der Waals surface area contributed by atoms with E-state index in [1.807, 2.05) is 0 Å². The first-order valence-electron chi connectivity index (χ1n) is 10.5. The van der Waals surface area contributed by atoms with E-state index in [4.69, 9.17) is 0 Å². The first-order valence-corrected chi connectivity index (χ1v) is 10.5. The van der Waals surface area contributed by atoms with E-state index in [-0.39, 0.29) is 22.9 Å². The quantitative estimate of drug-likeness (QED) is 0.862. The minimum absolute atomic E-state index is 0.179. The predicted octanol–water partition coefficient (Wildman–Crippen LogP) is 1.26. The minimum atomic E-state index is -0.361. The molecule has 5 aliphatic carbocycles. The molecule has 0 aromatic carbocycles. The minimum Gasteiger partial charge on any atom is -0.350 e. The Balaban J connectivity index is 1.17. The second kappa shape index (κ2) is 5.42. The van der Waals surface area contributed by atoms with Crippen LogP contribution in [0.5, 0.6) is 0 Å². The fraction of sp³-hybridized carbons (Fsp3) is 0.750. The normalized spacial score (nSPS) is 40.4. The van der Waals surface area contributed by atoms with Crippen molar-refractivity contribution in [2.75, 3.05) is 6.54 Å². The van der Waals surface area contributed by atoms with Crippen LogP contribution in [0.2, 0.25) is 0 Å². The summed E-state index contributed by atoms with van der Waals surface area (Å²) in [4.78, 5) is 28.9. The van der Waals surface area contributed by atoms with Gasteiger partial charge in [0, 0.05) is 13.6 Å². The number of nitrogens with one attached hydrogen (secondary N) is 1. The standard InChI is InChI=1S/C20H26N6O2/c1-10-11-3-13-5-12(10)6-14(4-11)20(13)7-15(20)8-21-18(27)16-17-23-24-25(2)19(28)26(17)9-22-16/h9-15H,3-8H2,1-2H3,(H,21,27). The molecule has 0 aliphatic heterocycles. The molecule has 8 nitrogen and oxygen atoms in total. The van der Waals surface area contributed by atoms with Gasteiger partial charge in [-0.2, -0.15) is 4.68 Å². The fourth-order valence-corrected chi connectivity index (χ4v) is 7.27. The third-order valence-electron chi connectivity index (χ3n) is 8.78. The Morgan fingerprint density at radius 2 is 1.93 bits per heavy atom. The van der Waals surface area contributed by atoms with Crippen LogP contribution >= 0.6 is 0 Å². The van der Waals surface area contributed by atoms with Crippen molar-refractivity contribution >= 4 is 11.6 Å². The number of carbonyl (C=O) groups is 1. The molecule has 1 N–H and O–H groups in total. The SMILES string of the molecule is CC1C2CC3CC1CC(C2)C31CC1CNC(=O)c1ncn2c(=O)n(C)nnc12. The summed E-state index contributed by atoms with van der Waals surface area (Å²) in [6, 6.07) is 0. The van der Waals surface area contributed by atoms with Gasteiger partial charge in [0.2, 0.25) is 0 Å². The summed E-state index contributed by atoms with van der Waals surface area (Å²) >= 11 is 0. The largest absolute Gasteiger partial charge is 0.352 e. The first-order chi connectivity index (χ1) is 13.5. The van der Waals surface area contributed by atoms with Crippen LogP contribution < -0.4 is 11.0 Å². The van der Waals surface area contributed by atoms with E-state index in [1.54, 1.807) is 0 Å². The molecule has 1 atom stereocenters. The monoisotopic (exact) mass is 382 g/mol. The summed E-state index contributed by atoms with van der Waals surface area (Å²) in [5.41, 5.74) is 0.529.